The van der Waals surface area contributed by atoms with Gasteiger partial charge in [0.05, 0.1) is 31.6 Å². The highest BCUT2D eigenvalue weighted by molar-refractivity contribution is 6.09. The standard InChI is InChI=1S/C27H32N6O4/c1-27(2,28)23(34)13-21(17-37-16-19-9-5-4-6-10-19)25(35)32-24-15-33(18-30-24)14-20-11-7-8-12-22(20)31-26(36)29-3/h4-13,15,18H,14,16-17,28H2,1-3H3,(H,32,35)(H2,29,31,36)/b21-13-. The third-order valence-electron chi connectivity index (χ3n) is 5.32. The minimum atomic E-state index is -1.14. The molecule has 0 saturated heterocycles. The molecule has 194 valence electrons. The number of ketones is 1. The third kappa shape index (κ3) is 8.41. The average Bonchev–Trinajstić information content (AvgIpc) is 3.31. The molecule has 0 aliphatic rings. The maximum atomic E-state index is 13.0. The van der Waals surface area contributed by atoms with Gasteiger partial charge in [-0.1, -0.05) is 48.5 Å². The Morgan fingerprint density at radius 2 is 1.76 bits per heavy atom. The number of hydrogen-bond donors (Lipinski definition) is 4. The molecule has 1 aromatic heterocycles. The fourth-order valence-corrected chi connectivity index (χ4v) is 3.24. The van der Waals surface area contributed by atoms with Crippen LogP contribution >= 0.6 is 0 Å². The number of anilines is 2. The van der Waals surface area contributed by atoms with Crippen molar-refractivity contribution in [1.82, 2.24) is 14.9 Å². The lowest BCUT2D eigenvalue weighted by Gasteiger charge is -2.15. The van der Waals surface area contributed by atoms with E-state index in [1.807, 2.05) is 48.5 Å². The number of nitrogens with zero attached hydrogens (tertiary/aromatic N) is 2. The fraction of sp³-hybridized carbons (Fsp3) is 0.259. The Bertz CT molecular complexity index is 1260. The number of imidazole rings is 1. The van der Waals surface area contributed by atoms with Crippen molar-refractivity contribution in [2.45, 2.75) is 32.5 Å². The highest BCUT2D eigenvalue weighted by Crippen LogP contribution is 2.18. The zero-order chi connectivity index (χ0) is 26.8. The minimum Gasteiger partial charge on any atom is -0.372 e. The van der Waals surface area contributed by atoms with Crippen molar-refractivity contribution < 1.29 is 19.1 Å². The molecule has 0 fully saturated rings. The average molecular weight is 505 g/mol. The first-order valence-electron chi connectivity index (χ1n) is 11.7. The summed E-state index contributed by atoms with van der Waals surface area (Å²) in [4.78, 5) is 41.5. The van der Waals surface area contributed by atoms with E-state index in [1.165, 1.54) is 6.08 Å². The summed E-state index contributed by atoms with van der Waals surface area (Å²) in [6, 6.07) is 16.6. The molecule has 0 bridgehead atoms. The van der Waals surface area contributed by atoms with E-state index in [-0.39, 0.29) is 24.8 Å². The second-order valence-corrected chi connectivity index (χ2v) is 8.98. The number of nitrogens with one attached hydrogen (secondary N) is 3. The van der Waals surface area contributed by atoms with Crippen molar-refractivity contribution in [3.63, 3.8) is 0 Å². The molecule has 0 atom stereocenters. The maximum Gasteiger partial charge on any atom is 0.318 e. The van der Waals surface area contributed by atoms with Gasteiger partial charge in [-0.15, -0.1) is 0 Å². The lowest BCUT2D eigenvalue weighted by atomic mass is 9.98. The Balaban J connectivity index is 1.70. The molecule has 0 radical (unpaired) electrons. The van der Waals surface area contributed by atoms with Crippen LogP contribution in [0, 0.1) is 0 Å². The van der Waals surface area contributed by atoms with E-state index < -0.39 is 17.2 Å². The molecular formula is C27H32N6O4. The van der Waals surface area contributed by atoms with Crippen molar-refractivity contribution >= 4 is 29.2 Å². The molecule has 0 aliphatic heterocycles. The highest BCUT2D eigenvalue weighted by Gasteiger charge is 2.22. The highest BCUT2D eigenvalue weighted by atomic mass is 16.5. The molecule has 3 amide bonds. The van der Waals surface area contributed by atoms with Gasteiger partial charge >= 0.3 is 6.03 Å². The van der Waals surface area contributed by atoms with Crippen LogP contribution in [-0.2, 0) is 27.5 Å². The first kappa shape index (κ1) is 27.3. The Labute approximate surface area is 215 Å². The fourth-order valence-electron chi connectivity index (χ4n) is 3.24. The van der Waals surface area contributed by atoms with Crippen LogP contribution in [0.15, 0.2) is 78.8 Å². The Morgan fingerprint density at radius 3 is 2.46 bits per heavy atom. The number of nitrogens with two attached hydrogens (primary N) is 1. The van der Waals surface area contributed by atoms with Gasteiger partial charge in [0.25, 0.3) is 5.91 Å². The molecule has 10 nitrogen and oxygen atoms in total. The predicted molar refractivity (Wildman–Crippen MR) is 142 cm³/mol. The molecule has 1 heterocycles. The molecule has 0 saturated carbocycles. The second kappa shape index (κ2) is 12.6. The quantitative estimate of drug-likeness (QED) is 0.296. The van der Waals surface area contributed by atoms with Gasteiger partial charge in [0.1, 0.15) is 0 Å². The Hall–Kier alpha value is -4.28. The van der Waals surface area contributed by atoms with E-state index >= 15 is 0 Å². The van der Waals surface area contributed by atoms with Crippen LogP contribution in [-0.4, -0.2) is 46.5 Å². The van der Waals surface area contributed by atoms with E-state index in [4.69, 9.17) is 10.5 Å². The van der Waals surface area contributed by atoms with Crippen LogP contribution in [0.25, 0.3) is 0 Å². The van der Waals surface area contributed by atoms with Gasteiger partial charge in [-0.3, -0.25) is 9.59 Å². The number of carbonyl (C=O) groups is 3. The van der Waals surface area contributed by atoms with Crippen molar-refractivity contribution in [1.29, 1.82) is 0 Å². The topological polar surface area (TPSA) is 140 Å². The maximum absolute atomic E-state index is 13.0. The second-order valence-electron chi connectivity index (χ2n) is 8.98. The monoisotopic (exact) mass is 504 g/mol. The number of para-hydroxylation sites is 1. The van der Waals surface area contributed by atoms with Gasteiger partial charge in [0.2, 0.25) is 0 Å². The predicted octanol–water partition coefficient (Wildman–Crippen LogP) is 3.07. The minimum absolute atomic E-state index is 0.0816. The van der Waals surface area contributed by atoms with Crippen LogP contribution in [0.4, 0.5) is 16.3 Å². The van der Waals surface area contributed by atoms with E-state index in [9.17, 15) is 14.4 Å². The SMILES string of the molecule is CNC(=O)Nc1ccccc1Cn1cnc(NC(=O)/C(=C\C(=O)C(C)(C)N)COCc2ccccc2)c1. The van der Waals surface area contributed by atoms with Gasteiger partial charge in [0.15, 0.2) is 11.6 Å². The molecule has 0 aliphatic carbocycles. The van der Waals surface area contributed by atoms with Gasteiger partial charge in [-0.25, -0.2) is 9.78 Å². The molecule has 0 spiro atoms. The number of amides is 3. The lowest BCUT2D eigenvalue weighted by molar-refractivity contribution is -0.119. The zero-order valence-electron chi connectivity index (χ0n) is 21.2. The molecular weight excluding hydrogens is 472 g/mol. The van der Waals surface area contributed by atoms with Gasteiger partial charge in [-0.2, -0.15) is 0 Å². The molecule has 37 heavy (non-hydrogen) atoms. The van der Waals surface area contributed by atoms with E-state index in [0.29, 0.717) is 18.1 Å². The molecule has 10 heteroatoms. The zero-order valence-corrected chi connectivity index (χ0v) is 21.2. The summed E-state index contributed by atoms with van der Waals surface area (Å²) in [7, 11) is 1.54. The van der Waals surface area contributed by atoms with Crippen molar-refractivity contribution in [2.75, 3.05) is 24.3 Å². The number of ether oxygens (including phenoxy) is 1. The summed E-state index contributed by atoms with van der Waals surface area (Å²) in [6.45, 7) is 3.76. The lowest BCUT2D eigenvalue weighted by Crippen LogP contribution is -2.41. The first-order chi connectivity index (χ1) is 17.7. The summed E-state index contributed by atoms with van der Waals surface area (Å²) in [5.41, 5.74) is 7.37. The van der Waals surface area contributed by atoms with Gasteiger partial charge < -0.3 is 31.0 Å². The van der Waals surface area contributed by atoms with Crippen LogP contribution in [0.2, 0.25) is 0 Å². The summed E-state index contributed by atoms with van der Waals surface area (Å²) < 4.78 is 7.47. The van der Waals surface area contributed by atoms with Gasteiger partial charge in [-0.05, 0) is 37.1 Å². The molecule has 5 N–H and O–H groups in total. The third-order valence-corrected chi connectivity index (χ3v) is 5.32. The van der Waals surface area contributed by atoms with Crippen molar-refractivity contribution in [3.05, 3.63) is 89.9 Å². The molecule has 3 aromatic rings. The Kier molecular flexibility index (Phi) is 9.31. The summed E-state index contributed by atoms with van der Waals surface area (Å²) >= 11 is 0. The van der Waals surface area contributed by atoms with Crippen LogP contribution in [0.1, 0.15) is 25.0 Å². The summed E-state index contributed by atoms with van der Waals surface area (Å²) in [5.74, 6) is -0.612. The Morgan fingerprint density at radius 1 is 1.05 bits per heavy atom. The van der Waals surface area contributed by atoms with Gasteiger partial charge in [0, 0.05) is 24.5 Å². The van der Waals surface area contributed by atoms with Crippen LogP contribution in [0.5, 0.6) is 0 Å². The smallest absolute Gasteiger partial charge is 0.318 e. The molecule has 2 aromatic carbocycles. The van der Waals surface area contributed by atoms with Crippen molar-refractivity contribution in [3.8, 4) is 0 Å². The van der Waals surface area contributed by atoms with Crippen LogP contribution < -0.4 is 21.7 Å². The van der Waals surface area contributed by atoms with E-state index in [2.05, 4.69) is 20.9 Å². The number of aromatic nitrogens is 2. The first-order valence-corrected chi connectivity index (χ1v) is 11.7. The molecule has 3 rings (SSSR count). The summed E-state index contributed by atoms with van der Waals surface area (Å²) in [6.07, 6.45) is 4.44. The number of hydrogen-bond acceptors (Lipinski definition) is 6. The van der Waals surface area contributed by atoms with Crippen molar-refractivity contribution in [2.24, 2.45) is 5.73 Å². The molecule has 0 unspecified atom stereocenters. The van der Waals surface area contributed by atoms with Crippen LogP contribution in [0.3, 0.4) is 0 Å². The number of benzene rings is 2. The number of urea groups is 1. The number of carbonyl (C=O) groups excluding carboxylic acids is 3. The number of rotatable bonds is 11. The summed E-state index contributed by atoms with van der Waals surface area (Å²) in [5, 5.41) is 8.02. The van der Waals surface area contributed by atoms with E-state index in [1.54, 1.807) is 44.1 Å². The van der Waals surface area contributed by atoms with E-state index in [0.717, 1.165) is 11.1 Å². The normalized spacial score (nSPS) is 11.6. The largest absolute Gasteiger partial charge is 0.372 e.